The number of aromatic nitrogens is 1. The van der Waals surface area contributed by atoms with E-state index in [2.05, 4.69) is 9.88 Å². The van der Waals surface area contributed by atoms with E-state index in [4.69, 9.17) is 4.52 Å². The standard InChI is InChI=1S/C15H22N2O4S/c1-9-10(2)16-21-13(9)17-22(19,20)8-15-6-5-11(7-12(15)18)14(15,3)4/h11,17H,5-8H2,1-4H3. The zero-order valence-electron chi connectivity index (χ0n) is 13.4. The number of hydrogen-bond acceptors (Lipinski definition) is 5. The summed E-state index contributed by atoms with van der Waals surface area (Å²) in [6.45, 7) is 7.54. The highest BCUT2D eigenvalue weighted by Crippen LogP contribution is 2.64. The molecule has 1 heterocycles. The van der Waals surface area contributed by atoms with Gasteiger partial charge in [-0.1, -0.05) is 19.0 Å². The van der Waals surface area contributed by atoms with Crippen molar-refractivity contribution in [1.82, 2.24) is 5.16 Å². The van der Waals surface area contributed by atoms with E-state index in [9.17, 15) is 13.2 Å². The Labute approximate surface area is 130 Å². The van der Waals surface area contributed by atoms with E-state index in [1.807, 2.05) is 13.8 Å². The first-order valence-electron chi connectivity index (χ1n) is 7.56. The molecular formula is C15H22N2O4S. The number of carbonyl (C=O) groups is 1. The zero-order valence-corrected chi connectivity index (χ0v) is 14.2. The molecule has 0 aromatic carbocycles. The van der Waals surface area contributed by atoms with E-state index in [0.717, 1.165) is 6.42 Å². The number of Topliss-reactive ketones (excluding diaryl/α,β-unsaturated/α-hetero) is 1. The minimum Gasteiger partial charge on any atom is -0.337 e. The number of hydrogen-bond donors (Lipinski definition) is 1. The Balaban J connectivity index is 1.88. The molecule has 2 bridgehead atoms. The number of anilines is 1. The summed E-state index contributed by atoms with van der Waals surface area (Å²) in [6.07, 6.45) is 2.08. The number of ketones is 1. The molecule has 2 aliphatic carbocycles. The molecule has 6 nitrogen and oxygen atoms in total. The van der Waals surface area contributed by atoms with Crippen LogP contribution < -0.4 is 4.72 Å². The summed E-state index contributed by atoms with van der Waals surface area (Å²) in [5.74, 6) is 0.349. The maximum absolute atomic E-state index is 12.6. The smallest absolute Gasteiger partial charge is 0.241 e. The first kappa shape index (κ1) is 15.5. The molecule has 22 heavy (non-hydrogen) atoms. The third-order valence-electron chi connectivity index (χ3n) is 5.98. The van der Waals surface area contributed by atoms with Crippen molar-refractivity contribution >= 4 is 21.7 Å². The zero-order chi connectivity index (χ0) is 16.3. The second-order valence-corrected chi connectivity index (χ2v) is 8.97. The van der Waals surface area contributed by atoms with E-state index < -0.39 is 15.4 Å². The molecule has 0 radical (unpaired) electrons. The summed E-state index contributed by atoms with van der Waals surface area (Å²) in [4.78, 5) is 12.4. The first-order chi connectivity index (χ1) is 10.1. The number of nitrogens with one attached hydrogen (secondary N) is 1. The van der Waals surface area contributed by atoms with Gasteiger partial charge in [0.15, 0.2) is 0 Å². The fourth-order valence-electron chi connectivity index (χ4n) is 4.12. The molecule has 2 unspecified atom stereocenters. The van der Waals surface area contributed by atoms with Crippen molar-refractivity contribution < 1.29 is 17.7 Å². The molecule has 1 aromatic rings. The van der Waals surface area contributed by atoms with Crippen molar-refractivity contribution in [2.24, 2.45) is 16.7 Å². The Hall–Kier alpha value is -1.37. The quantitative estimate of drug-likeness (QED) is 0.918. The molecule has 2 aliphatic rings. The summed E-state index contributed by atoms with van der Waals surface area (Å²) < 4.78 is 32.7. The van der Waals surface area contributed by atoms with Crippen LogP contribution in [0.15, 0.2) is 4.52 Å². The van der Waals surface area contributed by atoms with Crippen LogP contribution in [0.3, 0.4) is 0 Å². The molecule has 2 fully saturated rings. The third kappa shape index (κ3) is 2.01. The van der Waals surface area contributed by atoms with Gasteiger partial charge in [0.25, 0.3) is 0 Å². The van der Waals surface area contributed by atoms with Crippen LogP contribution in [0.1, 0.15) is 44.4 Å². The van der Waals surface area contributed by atoms with Crippen LogP contribution in [0.2, 0.25) is 0 Å². The lowest BCUT2D eigenvalue weighted by molar-refractivity contribution is -0.128. The molecule has 2 saturated carbocycles. The van der Waals surface area contributed by atoms with Crippen LogP contribution >= 0.6 is 0 Å². The number of fused-ring (bicyclic) bond motifs is 2. The van der Waals surface area contributed by atoms with Gasteiger partial charge >= 0.3 is 0 Å². The highest BCUT2D eigenvalue weighted by atomic mass is 32.2. The predicted molar refractivity (Wildman–Crippen MR) is 81.9 cm³/mol. The first-order valence-corrected chi connectivity index (χ1v) is 9.21. The van der Waals surface area contributed by atoms with Crippen molar-refractivity contribution in [3.05, 3.63) is 11.3 Å². The van der Waals surface area contributed by atoms with Gasteiger partial charge in [0.1, 0.15) is 5.78 Å². The Morgan fingerprint density at radius 1 is 1.36 bits per heavy atom. The van der Waals surface area contributed by atoms with Gasteiger partial charge in [-0.25, -0.2) is 8.42 Å². The fourth-order valence-corrected chi connectivity index (χ4v) is 5.99. The van der Waals surface area contributed by atoms with E-state index >= 15 is 0 Å². The van der Waals surface area contributed by atoms with Gasteiger partial charge in [0.05, 0.1) is 16.9 Å². The lowest BCUT2D eigenvalue weighted by Crippen LogP contribution is -2.43. The van der Waals surface area contributed by atoms with Crippen LogP contribution in [-0.2, 0) is 14.8 Å². The summed E-state index contributed by atoms with van der Waals surface area (Å²) in [6, 6.07) is 0. The molecule has 2 atom stereocenters. The highest BCUT2D eigenvalue weighted by Gasteiger charge is 2.65. The van der Waals surface area contributed by atoms with Crippen molar-refractivity contribution in [1.29, 1.82) is 0 Å². The second-order valence-electron chi connectivity index (χ2n) is 7.25. The summed E-state index contributed by atoms with van der Waals surface area (Å²) in [7, 11) is -3.68. The molecule has 0 saturated heterocycles. The van der Waals surface area contributed by atoms with E-state index in [-0.39, 0.29) is 22.8 Å². The van der Waals surface area contributed by atoms with Crippen molar-refractivity contribution in [3.63, 3.8) is 0 Å². The molecule has 0 aliphatic heterocycles. The van der Waals surface area contributed by atoms with E-state index in [1.54, 1.807) is 13.8 Å². The van der Waals surface area contributed by atoms with Crippen LogP contribution in [0.5, 0.6) is 0 Å². The summed E-state index contributed by atoms with van der Waals surface area (Å²) in [5, 5.41) is 3.75. The molecule has 1 aromatic heterocycles. The number of carbonyl (C=O) groups excluding carboxylic acids is 1. The predicted octanol–water partition coefficient (Wildman–Crippen LogP) is 2.43. The average Bonchev–Trinajstić information content (AvgIpc) is 2.89. The van der Waals surface area contributed by atoms with Gasteiger partial charge in [-0.05, 0) is 38.0 Å². The Morgan fingerprint density at radius 2 is 2.05 bits per heavy atom. The van der Waals surface area contributed by atoms with Gasteiger partial charge in [0.2, 0.25) is 15.9 Å². The van der Waals surface area contributed by atoms with E-state index in [1.165, 1.54) is 0 Å². The van der Waals surface area contributed by atoms with Gasteiger partial charge in [0, 0.05) is 12.0 Å². The molecule has 122 valence electrons. The molecule has 7 heteroatoms. The summed E-state index contributed by atoms with van der Waals surface area (Å²) in [5.41, 5.74) is 0.272. The Morgan fingerprint density at radius 3 is 2.50 bits per heavy atom. The molecule has 0 amide bonds. The van der Waals surface area contributed by atoms with Gasteiger partial charge in [-0.15, -0.1) is 0 Å². The second kappa shape index (κ2) is 4.57. The Bertz CT molecular complexity index is 735. The number of sulfonamides is 1. The van der Waals surface area contributed by atoms with Gasteiger partial charge < -0.3 is 4.52 Å². The van der Waals surface area contributed by atoms with Crippen LogP contribution in [-0.4, -0.2) is 25.1 Å². The minimum absolute atomic E-state index is 0.0876. The Kier molecular flexibility index (Phi) is 3.22. The topological polar surface area (TPSA) is 89.3 Å². The van der Waals surface area contributed by atoms with Gasteiger partial charge in [-0.2, -0.15) is 0 Å². The fraction of sp³-hybridized carbons (Fsp3) is 0.733. The monoisotopic (exact) mass is 326 g/mol. The molecular weight excluding hydrogens is 304 g/mol. The lowest BCUT2D eigenvalue weighted by Gasteiger charge is -2.35. The van der Waals surface area contributed by atoms with Crippen molar-refractivity contribution in [2.45, 2.75) is 47.0 Å². The third-order valence-corrected chi connectivity index (χ3v) is 7.35. The number of rotatable bonds is 4. The van der Waals surface area contributed by atoms with E-state index in [0.29, 0.717) is 30.0 Å². The molecule has 3 rings (SSSR count). The normalized spacial score (nSPS) is 30.0. The van der Waals surface area contributed by atoms with Crippen molar-refractivity contribution in [2.75, 3.05) is 10.5 Å². The number of aryl methyl sites for hydroxylation is 1. The maximum atomic E-state index is 12.6. The molecule has 0 spiro atoms. The SMILES string of the molecule is Cc1noc(NS(=O)(=O)CC23CCC(CC2=O)C3(C)C)c1C. The minimum atomic E-state index is -3.68. The van der Waals surface area contributed by atoms with Gasteiger partial charge in [-0.3, -0.25) is 9.52 Å². The maximum Gasteiger partial charge on any atom is 0.241 e. The number of nitrogens with zero attached hydrogens (tertiary/aromatic N) is 1. The lowest BCUT2D eigenvalue weighted by atomic mass is 9.70. The highest BCUT2D eigenvalue weighted by molar-refractivity contribution is 7.92. The van der Waals surface area contributed by atoms with Crippen molar-refractivity contribution in [3.8, 4) is 0 Å². The van der Waals surface area contributed by atoms with Crippen LogP contribution in [0.25, 0.3) is 0 Å². The van der Waals surface area contributed by atoms with Crippen LogP contribution in [0.4, 0.5) is 5.88 Å². The largest absolute Gasteiger partial charge is 0.337 e. The molecule has 1 N–H and O–H groups in total. The van der Waals surface area contributed by atoms with Crippen LogP contribution in [0, 0.1) is 30.6 Å². The summed E-state index contributed by atoms with van der Waals surface area (Å²) >= 11 is 0. The average molecular weight is 326 g/mol.